The molecule has 0 N–H and O–H groups in total. The van der Waals surface area contributed by atoms with Crippen LogP contribution in [0.1, 0.15) is 58.5 Å². The summed E-state index contributed by atoms with van der Waals surface area (Å²) >= 11 is 0. The fourth-order valence-electron chi connectivity index (χ4n) is 2.47. The molecule has 1 aliphatic rings. The van der Waals surface area contributed by atoms with E-state index in [4.69, 9.17) is 0 Å². The molecule has 1 heterocycles. The van der Waals surface area contributed by atoms with E-state index in [2.05, 4.69) is 6.92 Å². The molecule has 1 aromatic carbocycles. The minimum Gasteiger partial charge on any atom is -0.272 e. The predicted octanol–water partition coefficient (Wildman–Crippen LogP) is 3.09. The van der Waals surface area contributed by atoms with Gasteiger partial charge in [-0.15, -0.1) is 0 Å². The molecule has 96 valence electrons. The van der Waals surface area contributed by atoms with Gasteiger partial charge in [0, 0.05) is 6.04 Å². The number of hydrogen-bond acceptors (Lipinski definition) is 2. The van der Waals surface area contributed by atoms with E-state index in [0.717, 1.165) is 24.0 Å². The van der Waals surface area contributed by atoms with Crippen LogP contribution in [0, 0.1) is 13.8 Å². The lowest BCUT2D eigenvalue weighted by atomic mass is 10.0. The third-order valence-electron chi connectivity index (χ3n) is 3.68. The van der Waals surface area contributed by atoms with E-state index in [1.807, 2.05) is 32.9 Å². The number of amides is 2. The summed E-state index contributed by atoms with van der Waals surface area (Å²) in [6.45, 7) is 7.92. The monoisotopic (exact) mass is 245 g/mol. The van der Waals surface area contributed by atoms with Crippen molar-refractivity contribution in [1.82, 2.24) is 4.90 Å². The second-order valence-electron chi connectivity index (χ2n) is 5.10. The first kappa shape index (κ1) is 12.8. The predicted molar refractivity (Wildman–Crippen MR) is 70.8 cm³/mol. The maximum absolute atomic E-state index is 12.3. The van der Waals surface area contributed by atoms with E-state index < -0.39 is 0 Å². The van der Waals surface area contributed by atoms with Gasteiger partial charge in [-0.3, -0.25) is 14.5 Å². The van der Waals surface area contributed by atoms with Gasteiger partial charge in [-0.25, -0.2) is 0 Å². The van der Waals surface area contributed by atoms with Crippen molar-refractivity contribution in [1.29, 1.82) is 0 Å². The zero-order chi connectivity index (χ0) is 13.4. The van der Waals surface area contributed by atoms with Gasteiger partial charge >= 0.3 is 0 Å². The third-order valence-corrected chi connectivity index (χ3v) is 3.68. The molecule has 3 nitrogen and oxygen atoms in total. The van der Waals surface area contributed by atoms with Crippen molar-refractivity contribution in [3.63, 3.8) is 0 Å². The Morgan fingerprint density at radius 2 is 1.50 bits per heavy atom. The van der Waals surface area contributed by atoms with Gasteiger partial charge in [-0.2, -0.15) is 0 Å². The number of aryl methyl sites for hydroxylation is 2. The maximum Gasteiger partial charge on any atom is 0.261 e. The number of rotatable bonds is 3. The average Bonchev–Trinajstić information content (AvgIpc) is 2.53. The van der Waals surface area contributed by atoms with Crippen molar-refractivity contribution in [2.24, 2.45) is 0 Å². The quantitative estimate of drug-likeness (QED) is 0.767. The lowest BCUT2D eigenvalue weighted by Gasteiger charge is -2.21. The van der Waals surface area contributed by atoms with Crippen LogP contribution < -0.4 is 0 Å². The highest BCUT2D eigenvalue weighted by atomic mass is 16.2. The number of imide groups is 1. The fourth-order valence-corrected chi connectivity index (χ4v) is 2.47. The Bertz CT molecular complexity index is 478. The lowest BCUT2D eigenvalue weighted by Crippen LogP contribution is -2.37. The second-order valence-corrected chi connectivity index (χ2v) is 5.10. The molecule has 0 bridgehead atoms. The molecule has 18 heavy (non-hydrogen) atoms. The first-order valence-corrected chi connectivity index (χ1v) is 6.46. The van der Waals surface area contributed by atoms with Crippen LogP contribution in [0.2, 0.25) is 0 Å². The van der Waals surface area contributed by atoms with Crippen LogP contribution in [-0.2, 0) is 0 Å². The molecule has 2 amide bonds. The van der Waals surface area contributed by atoms with Gasteiger partial charge in [-0.05, 0) is 50.5 Å². The van der Waals surface area contributed by atoms with E-state index >= 15 is 0 Å². The first-order valence-electron chi connectivity index (χ1n) is 6.46. The highest BCUT2D eigenvalue weighted by molar-refractivity contribution is 6.21. The molecule has 1 aliphatic heterocycles. The van der Waals surface area contributed by atoms with Crippen molar-refractivity contribution in [2.45, 2.75) is 46.6 Å². The van der Waals surface area contributed by atoms with Crippen molar-refractivity contribution in [2.75, 3.05) is 0 Å². The molecule has 0 saturated heterocycles. The Morgan fingerprint density at radius 3 is 1.89 bits per heavy atom. The summed E-state index contributed by atoms with van der Waals surface area (Å²) in [6.07, 6.45) is 1.82. The van der Waals surface area contributed by atoms with Gasteiger partial charge in [0.25, 0.3) is 11.8 Å². The van der Waals surface area contributed by atoms with Crippen LogP contribution in [0.4, 0.5) is 0 Å². The van der Waals surface area contributed by atoms with Crippen LogP contribution in [0.15, 0.2) is 12.1 Å². The lowest BCUT2D eigenvalue weighted by molar-refractivity contribution is 0.0589. The van der Waals surface area contributed by atoms with E-state index in [0.29, 0.717) is 11.1 Å². The summed E-state index contributed by atoms with van der Waals surface area (Å²) in [5.74, 6) is -0.280. The zero-order valence-electron chi connectivity index (χ0n) is 11.4. The Morgan fingerprint density at radius 1 is 1.06 bits per heavy atom. The normalized spacial score (nSPS) is 16.1. The summed E-state index contributed by atoms with van der Waals surface area (Å²) in [5.41, 5.74) is 3.23. The Labute approximate surface area is 108 Å². The van der Waals surface area contributed by atoms with Crippen molar-refractivity contribution < 1.29 is 9.59 Å². The molecular weight excluding hydrogens is 226 g/mol. The number of carbonyl (C=O) groups is 2. The smallest absolute Gasteiger partial charge is 0.261 e. The largest absolute Gasteiger partial charge is 0.272 e. The third kappa shape index (κ3) is 1.84. The summed E-state index contributed by atoms with van der Waals surface area (Å²) in [5, 5.41) is 0. The van der Waals surface area contributed by atoms with Gasteiger partial charge in [0.15, 0.2) is 0 Å². The molecule has 3 heteroatoms. The minimum atomic E-state index is -0.140. The Hall–Kier alpha value is -1.64. The van der Waals surface area contributed by atoms with Gasteiger partial charge in [-0.1, -0.05) is 13.3 Å². The van der Waals surface area contributed by atoms with E-state index in [-0.39, 0.29) is 17.9 Å². The first-order chi connectivity index (χ1) is 8.47. The number of benzene rings is 1. The van der Waals surface area contributed by atoms with Gasteiger partial charge in [0.2, 0.25) is 0 Å². The molecule has 0 aromatic heterocycles. The van der Waals surface area contributed by atoms with Gasteiger partial charge in [0.1, 0.15) is 0 Å². The van der Waals surface area contributed by atoms with Crippen LogP contribution in [0.25, 0.3) is 0 Å². The minimum absolute atomic E-state index is 0.0250. The molecule has 0 radical (unpaired) electrons. The molecule has 1 atom stereocenters. The Kier molecular flexibility index (Phi) is 3.24. The number of hydrogen-bond donors (Lipinski definition) is 0. The number of nitrogens with zero attached hydrogens (tertiary/aromatic N) is 1. The molecule has 0 aliphatic carbocycles. The number of carbonyl (C=O) groups excluding carboxylic acids is 2. The van der Waals surface area contributed by atoms with Gasteiger partial charge < -0.3 is 0 Å². The number of fused-ring (bicyclic) bond motifs is 1. The van der Waals surface area contributed by atoms with Crippen LogP contribution in [-0.4, -0.2) is 22.8 Å². The molecule has 0 spiro atoms. The average molecular weight is 245 g/mol. The highest BCUT2D eigenvalue weighted by Gasteiger charge is 2.38. The van der Waals surface area contributed by atoms with Crippen LogP contribution >= 0.6 is 0 Å². The molecular formula is C15H19NO2. The SMILES string of the molecule is CCCC(C)N1C(=O)c2cc(C)c(C)cc2C1=O. The standard InChI is InChI=1S/C15H19NO2/c1-5-6-11(4)16-14(17)12-7-9(2)10(3)8-13(12)15(16)18/h7-8,11H,5-6H2,1-4H3. The molecule has 1 unspecified atom stereocenters. The van der Waals surface area contributed by atoms with E-state index in [1.165, 1.54) is 4.90 Å². The molecule has 0 fully saturated rings. The zero-order valence-corrected chi connectivity index (χ0v) is 11.4. The van der Waals surface area contributed by atoms with Crippen molar-refractivity contribution in [3.05, 3.63) is 34.4 Å². The summed E-state index contributed by atoms with van der Waals surface area (Å²) in [7, 11) is 0. The van der Waals surface area contributed by atoms with E-state index in [9.17, 15) is 9.59 Å². The maximum atomic E-state index is 12.3. The van der Waals surface area contributed by atoms with Gasteiger partial charge in [0.05, 0.1) is 11.1 Å². The molecule has 0 saturated carbocycles. The Balaban J connectivity index is 2.44. The second kappa shape index (κ2) is 4.56. The molecule has 1 aromatic rings. The van der Waals surface area contributed by atoms with E-state index in [1.54, 1.807) is 0 Å². The molecule has 2 rings (SSSR count). The topological polar surface area (TPSA) is 37.4 Å². The van der Waals surface area contributed by atoms with Crippen LogP contribution in [0.3, 0.4) is 0 Å². The summed E-state index contributed by atoms with van der Waals surface area (Å²) in [6, 6.07) is 3.65. The van der Waals surface area contributed by atoms with Crippen molar-refractivity contribution >= 4 is 11.8 Å². The summed E-state index contributed by atoms with van der Waals surface area (Å²) < 4.78 is 0. The highest BCUT2D eigenvalue weighted by Crippen LogP contribution is 2.28. The van der Waals surface area contributed by atoms with Crippen LogP contribution in [0.5, 0.6) is 0 Å². The summed E-state index contributed by atoms with van der Waals surface area (Å²) in [4.78, 5) is 26.0. The fraction of sp³-hybridized carbons (Fsp3) is 0.467. The van der Waals surface area contributed by atoms with Crippen molar-refractivity contribution in [3.8, 4) is 0 Å².